The number of anilines is 1. The van der Waals surface area contributed by atoms with Gasteiger partial charge in [0.15, 0.2) is 5.13 Å². The molecule has 100 valence electrons. The Hall–Kier alpha value is -1.72. The fourth-order valence-corrected chi connectivity index (χ4v) is 2.44. The molecule has 2 aromatic rings. The normalized spacial score (nSPS) is 12.1. The van der Waals surface area contributed by atoms with Crippen LogP contribution in [0.4, 0.5) is 5.13 Å². The molecule has 0 fully saturated rings. The summed E-state index contributed by atoms with van der Waals surface area (Å²) in [6.07, 6.45) is 1.57. The Morgan fingerprint density at radius 2 is 2.16 bits per heavy atom. The molecule has 1 amide bonds. The summed E-state index contributed by atoms with van der Waals surface area (Å²) >= 11 is 1.41. The second-order valence-electron chi connectivity index (χ2n) is 4.29. The first-order valence-corrected chi connectivity index (χ1v) is 7.16. The Morgan fingerprint density at radius 3 is 2.84 bits per heavy atom. The highest BCUT2D eigenvalue weighted by Crippen LogP contribution is 2.24. The molecule has 0 radical (unpaired) electrons. The molecule has 0 aliphatic heterocycles. The van der Waals surface area contributed by atoms with Crippen molar-refractivity contribution in [2.45, 2.75) is 25.8 Å². The number of hydrogen-bond acceptors (Lipinski definition) is 4. The molecule has 0 unspecified atom stereocenters. The highest BCUT2D eigenvalue weighted by Gasteiger charge is 2.14. The van der Waals surface area contributed by atoms with E-state index >= 15 is 0 Å². The van der Waals surface area contributed by atoms with E-state index in [1.54, 1.807) is 0 Å². The molecule has 1 aromatic heterocycles. The van der Waals surface area contributed by atoms with E-state index in [-0.39, 0.29) is 5.91 Å². The topological polar surface area (TPSA) is 68.0 Å². The van der Waals surface area contributed by atoms with E-state index in [2.05, 4.69) is 10.3 Å². The fourth-order valence-electron chi connectivity index (χ4n) is 1.71. The van der Waals surface area contributed by atoms with E-state index < -0.39 is 6.04 Å². The lowest BCUT2D eigenvalue weighted by Gasteiger charge is -2.08. The molecule has 0 saturated carbocycles. The van der Waals surface area contributed by atoms with Crippen LogP contribution in [-0.4, -0.2) is 16.9 Å². The van der Waals surface area contributed by atoms with E-state index in [9.17, 15) is 4.79 Å². The van der Waals surface area contributed by atoms with Crippen LogP contribution in [-0.2, 0) is 4.79 Å². The number of hydrogen-bond donors (Lipinski definition) is 2. The second kappa shape index (κ2) is 6.45. The van der Waals surface area contributed by atoms with Gasteiger partial charge in [-0.2, -0.15) is 0 Å². The molecule has 19 heavy (non-hydrogen) atoms. The van der Waals surface area contributed by atoms with Gasteiger partial charge in [0.1, 0.15) is 0 Å². The van der Waals surface area contributed by atoms with Crippen molar-refractivity contribution in [1.29, 1.82) is 0 Å². The average molecular weight is 275 g/mol. The van der Waals surface area contributed by atoms with Crippen molar-refractivity contribution >= 4 is 22.4 Å². The monoisotopic (exact) mass is 275 g/mol. The number of amides is 1. The third-order valence-electron chi connectivity index (χ3n) is 2.74. The van der Waals surface area contributed by atoms with Crippen LogP contribution in [0, 0.1) is 0 Å². The van der Waals surface area contributed by atoms with Gasteiger partial charge >= 0.3 is 0 Å². The lowest BCUT2D eigenvalue weighted by Crippen LogP contribution is -2.35. The molecular weight excluding hydrogens is 258 g/mol. The van der Waals surface area contributed by atoms with Crippen LogP contribution >= 0.6 is 11.3 Å². The summed E-state index contributed by atoms with van der Waals surface area (Å²) in [5.74, 6) is -0.171. The first kappa shape index (κ1) is 13.7. The summed E-state index contributed by atoms with van der Waals surface area (Å²) in [7, 11) is 0. The SMILES string of the molecule is CCC[C@H](N)C(=O)Nc1nc(-c2ccccc2)cs1. The Balaban J connectivity index is 2.04. The smallest absolute Gasteiger partial charge is 0.243 e. The molecule has 4 nitrogen and oxygen atoms in total. The summed E-state index contributed by atoms with van der Waals surface area (Å²) < 4.78 is 0. The van der Waals surface area contributed by atoms with E-state index in [1.165, 1.54) is 11.3 Å². The number of nitrogens with one attached hydrogen (secondary N) is 1. The fraction of sp³-hybridized carbons (Fsp3) is 0.286. The number of nitrogens with two attached hydrogens (primary N) is 1. The molecule has 0 spiro atoms. The van der Waals surface area contributed by atoms with Gasteiger partial charge in [-0.25, -0.2) is 4.98 Å². The Morgan fingerprint density at radius 1 is 1.42 bits per heavy atom. The van der Waals surface area contributed by atoms with Crippen LogP contribution in [0.5, 0.6) is 0 Å². The predicted octanol–water partition coefficient (Wildman–Crippen LogP) is 2.88. The highest BCUT2D eigenvalue weighted by molar-refractivity contribution is 7.14. The van der Waals surface area contributed by atoms with Crippen molar-refractivity contribution in [3.8, 4) is 11.3 Å². The molecule has 2 rings (SSSR count). The minimum atomic E-state index is -0.464. The Labute approximate surface area is 116 Å². The third kappa shape index (κ3) is 3.62. The number of thiazole rings is 1. The minimum Gasteiger partial charge on any atom is -0.320 e. The number of carbonyl (C=O) groups excluding carboxylic acids is 1. The summed E-state index contributed by atoms with van der Waals surface area (Å²) in [6, 6.07) is 9.40. The van der Waals surface area contributed by atoms with Crippen molar-refractivity contribution in [3.63, 3.8) is 0 Å². The molecule has 0 aliphatic rings. The van der Waals surface area contributed by atoms with Crippen molar-refractivity contribution in [3.05, 3.63) is 35.7 Å². The van der Waals surface area contributed by atoms with Crippen molar-refractivity contribution in [2.24, 2.45) is 5.73 Å². The quantitative estimate of drug-likeness (QED) is 0.881. The Bertz CT molecular complexity index is 539. The summed E-state index contributed by atoms with van der Waals surface area (Å²) in [5.41, 5.74) is 7.66. The van der Waals surface area contributed by atoms with E-state index in [0.717, 1.165) is 17.7 Å². The van der Waals surface area contributed by atoms with Crippen molar-refractivity contribution in [2.75, 3.05) is 5.32 Å². The summed E-state index contributed by atoms with van der Waals surface area (Å²) in [5, 5.41) is 5.28. The zero-order valence-electron chi connectivity index (χ0n) is 10.8. The highest BCUT2D eigenvalue weighted by atomic mass is 32.1. The maximum absolute atomic E-state index is 11.8. The molecule has 0 aliphatic carbocycles. The number of nitrogens with zero attached hydrogens (tertiary/aromatic N) is 1. The summed E-state index contributed by atoms with van der Waals surface area (Å²) in [6.45, 7) is 2.00. The van der Waals surface area contributed by atoms with Crippen molar-refractivity contribution in [1.82, 2.24) is 4.98 Å². The maximum Gasteiger partial charge on any atom is 0.243 e. The van der Waals surface area contributed by atoms with E-state index in [0.29, 0.717) is 11.6 Å². The molecule has 1 aromatic carbocycles. The molecule has 5 heteroatoms. The standard InChI is InChI=1S/C14H17N3OS/c1-2-6-11(15)13(18)17-14-16-12(9-19-14)10-7-4-3-5-8-10/h3-5,7-9,11H,2,6,15H2,1H3,(H,16,17,18)/t11-/m0/s1. The van der Waals surface area contributed by atoms with Gasteiger partial charge in [0.2, 0.25) is 5.91 Å². The van der Waals surface area contributed by atoms with E-state index in [4.69, 9.17) is 5.73 Å². The molecule has 0 saturated heterocycles. The zero-order chi connectivity index (χ0) is 13.7. The summed E-state index contributed by atoms with van der Waals surface area (Å²) in [4.78, 5) is 16.2. The van der Waals surface area contributed by atoms with Gasteiger partial charge in [0, 0.05) is 10.9 Å². The lowest BCUT2D eigenvalue weighted by atomic mass is 10.2. The van der Waals surface area contributed by atoms with Gasteiger partial charge in [-0.1, -0.05) is 43.7 Å². The molecule has 1 heterocycles. The minimum absolute atomic E-state index is 0.171. The number of carbonyl (C=O) groups is 1. The lowest BCUT2D eigenvalue weighted by molar-refractivity contribution is -0.117. The van der Waals surface area contributed by atoms with Gasteiger partial charge in [-0.3, -0.25) is 4.79 Å². The zero-order valence-corrected chi connectivity index (χ0v) is 11.6. The van der Waals surface area contributed by atoms with E-state index in [1.807, 2.05) is 42.6 Å². The largest absolute Gasteiger partial charge is 0.320 e. The van der Waals surface area contributed by atoms with Gasteiger partial charge in [-0.15, -0.1) is 11.3 Å². The first-order chi connectivity index (χ1) is 9.20. The average Bonchev–Trinajstić information content (AvgIpc) is 2.88. The van der Waals surface area contributed by atoms with Gasteiger partial charge < -0.3 is 11.1 Å². The van der Waals surface area contributed by atoms with Crippen LogP contribution in [0.25, 0.3) is 11.3 Å². The van der Waals surface area contributed by atoms with Crippen LogP contribution in [0.3, 0.4) is 0 Å². The maximum atomic E-state index is 11.8. The molecule has 1 atom stereocenters. The van der Waals surface area contributed by atoms with Crippen LogP contribution in [0.15, 0.2) is 35.7 Å². The van der Waals surface area contributed by atoms with Gasteiger partial charge in [0.05, 0.1) is 11.7 Å². The van der Waals surface area contributed by atoms with Crippen molar-refractivity contribution < 1.29 is 4.79 Å². The van der Waals surface area contributed by atoms with Gasteiger partial charge in [0.25, 0.3) is 0 Å². The number of rotatable bonds is 5. The number of aromatic nitrogens is 1. The first-order valence-electron chi connectivity index (χ1n) is 6.28. The number of benzene rings is 1. The second-order valence-corrected chi connectivity index (χ2v) is 5.15. The Kier molecular flexibility index (Phi) is 4.65. The molecular formula is C14H17N3OS. The van der Waals surface area contributed by atoms with Crippen LogP contribution in [0.1, 0.15) is 19.8 Å². The van der Waals surface area contributed by atoms with Gasteiger partial charge in [-0.05, 0) is 6.42 Å². The molecule has 0 bridgehead atoms. The van der Waals surface area contributed by atoms with Crippen LogP contribution in [0.2, 0.25) is 0 Å². The van der Waals surface area contributed by atoms with Crippen LogP contribution < -0.4 is 11.1 Å². The third-order valence-corrected chi connectivity index (χ3v) is 3.50. The predicted molar refractivity (Wildman–Crippen MR) is 79.1 cm³/mol. The molecule has 3 N–H and O–H groups in total.